The third-order valence-corrected chi connectivity index (χ3v) is 3.55. The van der Waals surface area contributed by atoms with Gasteiger partial charge in [0.25, 0.3) is 11.8 Å². The molecule has 2 heterocycles. The Bertz CT molecular complexity index is 920. The van der Waals surface area contributed by atoms with E-state index in [-0.39, 0.29) is 11.4 Å². The van der Waals surface area contributed by atoms with Crippen LogP contribution in [-0.2, 0) is 15.8 Å². The number of benzene rings is 1. The summed E-state index contributed by atoms with van der Waals surface area (Å²) in [5, 5.41) is 30.7. The van der Waals surface area contributed by atoms with Crippen LogP contribution in [0.5, 0.6) is 0 Å². The molecule has 1 aromatic carbocycles. The molecule has 142 valence electrons. The second kappa shape index (κ2) is 6.64. The summed E-state index contributed by atoms with van der Waals surface area (Å²) in [5.74, 6) is -2.73. The predicted molar refractivity (Wildman–Crippen MR) is 84.6 cm³/mol. The van der Waals surface area contributed by atoms with Crippen LogP contribution in [0.1, 0.15) is 5.69 Å². The van der Waals surface area contributed by atoms with E-state index in [2.05, 4.69) is 15.7 Å². The molecule has 0 aliphatic carbocycles. The topological polar surface area (TPSA) is 139 Å². The summed E-state index contributed by atoms with van der Waals surface area (Å²) in [6.45, 7) is 0. The van der Waals surface area contributed by atoms with E-state index in [1.165, 1.54) is 24.3 Å². The average Bonchev–Trinajstić information content (AvgIpc) is 3.04. The number of nitrogens with one attached hydrogen (secondary N) is 4. The quantitative estimate of drug-likeness (QED) is 0.434. The smallest absolute Gasteiger partial charge is 0.432 e. The van der Waals surface area contributed by atoms with E-state index in [1.54, 1.807) is 0 Å². The summed E-state index contributed by atoms with van der Waals surface area (Å²) >= 11 is 0. The van der Waals surface area contributed by atoms with Gasteiger partial charge in [-0.2, -0.15) is 18.3 Å². The van der Waals surface area contributed by atoms with Crippen LogP contribution in [0, 0.1) is 0 Å². The zero-order valence-electron chi connectivity index (χ0n) is 13.3. The molecule has 0 saturated carbocycles. The van der Waals surface area contributed by atoms with Crippen molar-refractivity contribution in [2.24, 2.45) is 0 Å². The van der Waals surface area contributed by atoms with Gasteiger partial charge in [-0.3, -0.25) is 14.7 Å². The molecule has 9 nitrogen and oxygen atoms in total. The molecule has 1 unspecified atom stereocenters. The summed E-state index contributed by atoms with van der Waals surface area (Å²) < 4.78 is 37.8. The maximum Gasteiger partial charge on any atom is 0.432 e. The van der Waals surface area contributed by atoms with E-state index in [1.807, 2.05) is 10.4 Å². The van der Waals surface area contributed by atoms with E-state index in [0.717, 1.165) is 6.07 Å². The largest absolute Gasteiger partial charge is 0.494 e. The lowest BCUT2D eigenvalue weighted by Gasteiger charge is -2.22. The van der Waals surface area contributed by atoms with Gasteiger partial charge in [0.2, 0.25) is 12.2 Å². The van der Waals surface area contributed by atoms with Gasteiger partial charge in [-0.25, -0.2) is 0 Å². The Morgan fingerprint density at radius 2 is 1.85 bits per heavy atom. The minimum Gasteiger partial charge on any atom is -0.494 e. The Labute approximate surface area is 148 Å². The first-order valence-corrected chi connectivity index (χ1v) is 7.38. The third kappa shape index (κ3) is 3.84. The van der Waals surface area contributed by atoms with E-state index in [4.69, 9.17) is 0 Å². The number of aliphatic hydroxyl groups is 2. The molecule has 2 aromatic rings. The number of carbonyl (C=O) groups is 2. The molecular formula is C15H12F3N5O4. The Balaban J connectivity index is 1.74. The first kappa shape index (κ1) is 18.3. The second-order valence-electron chi connectivity index (χ2n) is 5.44. The molecule has 12 heteroatoms. The molecule has 1 aromatic heterocycles. The highest BCUT2D eigenvalue weighted by Crippen LogP contribution is 2.30. The number of aromatic nitrogens is 2. The maximum absolute atomic E-state index is 12.6. The Morgan fingerprint density at radius 1 is 1.19 bits per heavy atom. The second-order valence-corrected chi connectivity index (χ2v) is 5.44. The standard InChI is InChI=1S/C15H12F3N5O4/c16-15(17,18)9-5-8(22-23-9)6-1-3-7(4-2-6)19-11(24)10-12(25)20-14(27)21-13(10)26/h1-5,14,20,25,27H,(H,19,24)(H,21,26)(H,22,23). The van der Waals surface area contributed by atoms with Crippen molar-refractivity contribution >= 4 is 17.5 Å². The zero-order chi connectivity index (χ0) is 19.8. The van der Waals surface area contributed by atoms with Gasteiger partial charge in [0.05, 0.1) is 5.69 Å². The number of hydrogen-bond donors (Lipinski definition) is 6. The number of aliphatic hydroxyl groups excluding tert-OH is 2. The number of rotatable bonds is 3. The van der Waals surface area contributed by atoms with E-state index in [0.29, 0.717) is 5.56 Å². The van der Waals surface area contributed by atoms with Crippen LogP contribution in [0.4, 0.5) is 18.9 Å². The molecule has 0 radical (unpaired) electrons. The minimum atomic E-state index is -4.54. The lowest BCUT2D eigenvalue weighted by Crippen LogP contribution is -2.52. The van der Waals surface area contributed by atoms with Crippen LogP contribution in [0.25, 0.3) is 11.3 Å². The normalized spacial score (nSPS) is 17.3. The maximum atomic E-state index is 12.6. The number of hydrogen-bond acceptors (Lipinski definition) is 6. The van der Waals surface area contributed by atoms with Gasteiger partial charge in [-0.1, -0.05) is 12.1 Å². The molecule has 1 atom stereocenters. The van der Waals surface area contributed by atoms with Crippen molar-refractivity contribution in [3.8, 4) is 11.3 Å². The van der Waals surface area contributed by atoms with Crippen molar-refractivity contribution in [2.45, 2.75) is 12.5 Å². The molecule has 1 aliphatic heterocycles. The minimum absolute atomic E-state index is 0.0606. The number of carbonyl (C=O) groups excluding carboxylic acids is 2. The highest BCUT2D eigenvalue weighted by atomic mass is 19.4. The van der Waals surface area contributed by atoms with Gasteiger partial charge in [-0.15, -0.1) is 0 Å². The monoisotopic (exact) mass is 383 g/mol. The molecule has 0 bridgehead atoms. The summed E-state index contributed by atoms with van der Waals surface area (Å²) in [7, 11) is 0. The lowest BCUT2D eigenvalue weighted by molar-refractivity contribution is -0.141. The summed E-state index contributed by atoms with van der Waals surface area (Å²) in [6, 6.07) is 6.46. The molecule has 0 saturated heterocycles. The van der Waals surface area contributed by atoms with Crippen molar-refractivity contribution in [3.05, 3.63) is 47.5 Å². The fourth-order valence-electron chi connectivity index (χ4n) is 2.29. The van der Waals surface area contributed by atoms with Crippen LogP contribution in [0.15, 0.2) is 41.8 Å². The molecule has 2 amide bonds. The Hall–Kier alpha value is -3.54. The molecule has 6 N–H and O–H groups in total. The van der Waals surface area contributed by atoms with Crippen LogP contribution in [0.2, 0.25) is 0 Å². The molecular weight excluding hydrogens is 371 g/mol. The number of H-pyrrole nitrogens is 1. The fourth-order valence-corrected chi connectivity index (χ4v) is 2.29. The highest BCUT2D eigenvalue weighted by Gasteiger charge is 2.33. The number of nitrogens with zero attached hydrogens (tertiary/aromatic N) is 1. The van der Waals surface area contributed by atoms with Gasteiger partial charge in [0, 0.05) is 11.3 Å². The third-order valence-electron chi connectivity index (χ3n) is 3.55. The van der Waals surface area contributed by atoms with Crippen LogP contribution in [0.3, 0.4) is 0 Å². The number of amides is 2. The number of aromatic amines is 1. The van der Waals surface area contributed by atoms with Crippen molar-refractivity contribution < 1.29 is 33.0 Å². The van der Waals surface area contributed by atoms with Gasteiger partial charge in [0.1, 0.15) is 5.69 Å². The van der Waals surface area contributed by atoms with Crippen LogP contribution >= 0.6 is 0 Å². The first-order valence-electron chi connectivity index (χ1n) is 7.38. The molecule has 27 heavy (non-hydrogen) atoms. The van der Waals surface area contributed by atoms with Gasteiger partial charge < -0.3 is 26.2 Å². The Morgan fingerprint density at radius 3 is 2.41 bits per heavy atom. The summed E-state index contributed by atoms with van der Waals surface area (Å²) in [6.07, 6.45) is -6.07. The van der Waals surface area contributed by atoms with Crippen LogP contribution in [-0.4, -0.2) is 38.6 Å². The molecule has 0 fully saturated rings. The summed E-state index contributed by atoms with van der Waals surface area (Å²) in [5.41, 5.74) is -0.983. The van der Waals surface area contributed by atoms with Crippen molar-refractivity contribution in [2.75, 3.05) is 5.32 Å². The number of alkyl halides is 3. The predicted octanol–water partition coefficient (Wildman–Crippen LogP) is 0.799. The van der Waals surface area contributed by atoms with E-state index >= 15 is 0 Å². The first-order chi connectivity index (χ1) is 12.6. The molecule has 0 spiro atoms. The van der Waals surface area contributed by atoms with Gasteiger partial charge >= 0.3 is 6.18 Å². The Kier molecular flexibility index (Phi) is 4.49. The van der Waals surface area contributed by atoms with E-state index < -0.39 is 41.5 Å². The highest BCUT2D eigenvalue weighted by molar-refractivity contribution is 6.23. The fraction of sp³-hybridized carbons (Fsp3) is 0.133. The SMILES string of the molecule is O=C(Nc1ccc(-c2cc(C(F)(F)F)[nH]n2)cc1)C1=C(O)NC(O)NC1=O. The van der Waals surface area contributed by atoms with Gasteiger partial charge in [0.15, 0.2) is 5.57 Å². The average molecular weight is 383 g/mol. The van der Waals surface area contributed by atoms with E-state index in [9.17, 15) is 33.0 Å². The van der Waals surface area contributed by atoms with Crippen molar-refractivity contribution in [1.82, 2.24) is 20.8 Å². The van der Waals surface area contributed by atoms with Gasteiger partial charge in [-0.05, 0) is 18.2 Å². The summed E-state index contributed by atoms with van der Waals surface area (Å²) in [4.78, 5) is 23.8. The molecule has 3 rings (SSSR count). The number of halogens is 3. The zero-order valence-corrected chi connectivity index (χ0v) is 13.3. The lowest BCUT2D eigenvalue weighted by atomic mass is 10.1. The van der Waals surface area contributed by atoms with Crippen LogP contribution < -0.4 is 16.0 Å². The number of anilines is 1. The van der Waals surface area contributed by atoms with Crippen molar-refractivity contribution in [1.29, 1.82) is 0 Å². The molecule has 1 aliphatic rings. The van der Waals surface area contributed by atoms with Crippen molar-refractivity contribution in [3.63, 3.8) is 0 Å².